The van der Waals surface area contributed by atoms with Crippen molar-refractivity contribution in [3.63, 3.8) is 0 Å². The highest BCUT2D eigenvalue weighted by molar-refractivity contribution is 6.11. The number of alkyl halides is 3. The highest BCUT2D eigenvalue weighted by atomic mass is 19.4. The van der Waals surface area contributed by atoms with E-state index in [1.807, 2.05) is 0 Å². The van der Waals surface area contributed by atoms with Crippen molar-refractivity contribution in [2.75, 3.05) is 18.1 Å². The van der Waals surface area contributed by atoms with Crippen molar-refractivity contribution < 1.29 is 32.5 Å². The lowest BCUT2D eigenvalue weighted by atomic mass is 9.98. The monoisotopic (exact) mass is 530 g/mol. The Labute approximate surface area is 218 Å². The number of amides is 1. The lowest BCUT2D eigenvalue weighted by molar-refractivity contribution is -0.153. The number of hydrogen-bond donors (Lipinski definition) is 1. The summed E-state index contributed by atoms with van der Waals surface area (Å²) in [7, 11) is 0. The van der Waals surface area contributed by atoms with Crippen LogP contribution in [0.5, 0.6) is 11.5 Å². The molecule has 1 aliphatic rings. The predicted molar refractivity (Wildman–Crippen MR) is 137 cm³/mol. The molecule has 0 saturated carbocycles. The minimum atomic E-state index is -4.56. The van der Waals surface area contributed by atoms with Crippen molar-refractivity contribution in [2.45, 2.75) is 52.1 Å². The number of aromatic nitrogens is 1. The van der Waals surface area contributed by atoms with Crippen molar-refractivity contribution in [2.24, 2.45) is 0 Å². The van der Waals surface area contributed by atoms with Gasteiger partial charge < -0.3 is 24.0 Å². The molecule has 0 bridgehead atoms. The van der Waals surface area contributed by atoms with E-state index in [1.165, 1.54) is 33.9 Å². The number of nitrogens with zero attached hydrogens (tertiary/aromatic N) is 2. The summed E-state index contributed by atoms with van der Waals surface area (Å²) in [6.45, 7) is 5.44. The molecular weight excluding hydrogens is 501 g/mol. The number of halogens is 3. The maximum Gasteiger partial charge on any atom is 0.422 e. The number of benzene rings is 2. The van der Waals surface area contributed by atoms with Crippen LogP contribution < -0.4 is 19.9 Å². The fourth-order valence-corrected chi connectivity index (χ4v) is 4.20. The van der Waals surface area contributed by atoms with Crippen LogP contribution in [0.4, 0.5) is 18.9 Å². The summed E-state index contributed by atoms with van der Waals surface area (Å²) in [5.41, 5.74) is 0.158. The zero-order valence-corrected chi connectivity index (χ0v) is 21.5. The number of para-hydroxylation sites is 1. The Morgan fingerprint density at radius 2 is 1.61 bits per heavy atom. The molecule has 2 heterocycles. The number of fused-ring (bicyclic) bond motifs is 1. The van der Waals surface area contributed by atoms with Gasteiger partial charge in [-0.3, -0.25) is 9.59 Å². The van der Waals surface area contributed by atoms with Crippen LogP contribution in [0.2, 0.25) is 0 Å². The second kappa shape index (κ2) is 10.2. The van der Waals surface area contributed by atoms with E-state index in [0.717, 1.165) is 0 Å². The van der Waals surface area contributed by atoms with Crippen molar-refractivity contribution in [1.29, 1.82) is 0 Å². The molecule has 38 heavy (non-hydrogen) atoms. The molecule has 4 rings (SSSR count). The van der Waals surface area contributed by atoms with Crippen LogP contribution in [0.15, 0.2) is 59.5 Å². The zero-order chi connectivity index (χ0) is 27.8. The number of carbonyl (C=O) groups excluding carboxylic acids is 1. The molecule has 0 atom stereocenters. The van der Waals surface area contributed by atoms with Crippen LogP contribution in [0, 0.1) is 0 Å². The maximum atomic E-state index is 13.6. The quantitative estimate of drug-likeness (QED) is 0.425. The molecule has 0 radical (unpaired) electrons. The van der Waals surface area contributed by atoms with Gasteiger partial charge in [-0.2, -0.15) is 13.2 Å². The maximum absolute atomic E-state index is 13.6. The highest BCUT2D eigenvalue weighted by Gasteiger charge is 2.35. The molecule has 2 aromatic carbocycles. The summed E-state index contributed by atoms with van der Waals surface area (Å²) in [5.74, 6) is 0.0790. The lowest BCUT2D eigenvalue weighted by Gasteiger charge is -2.19. The van der Waals surface area contributed by atoms with Crippen molar-refractivity contribution in [1.82, 2.24) is 4.57 Å². The summed E-state index contributed by atoms with van der Waals surface area (Å²) in [5, 5.41) is 9.87. The van der Waals surface area contributed by atoms with E-state index in [4.69, 9.17) is 9.47 Å². The predicted octanol–water partition coefficient (Wildman–Crippen LogP) is 5.35. The lowest BCUT2D eigenvalue weighted by Crippen LogP contribution is -2.27. The molecule has 1 amide bonds. The van der Waals surface area contributed by atoms with Gasteiger partial charge in [0.25, 0.3) is 11.5 Å². The van der Waals surface area contributed by atoms with Gasteiger partial charge in [-0.1, -0.05) is 18.2 Å². The number of hydrogen-bond acceptors (Lipinski definition) is 5. The van der Waals surface area contributed by atoms with Crippen LogP contribution in [0.3, 0.4) is 0 Å². The van der Waals surface area contributed by atoms with Gasteiger partial charge in [-0.25, -0.2) is 0 Å². The standard InChI is InChI=1S/C28H29F3N2O5/c1-17(2)32-14-22-21(24(26(32)35)20-7-5-6-8-23(20)38-16-28(29,30)31)13-33(25(22)34)18-9-11-19(12-10-18)37-15-27(3,4)36/h5-12,14,17,36H,13,15-16H2,1-4H3. The van der Waals surface area contributed by atoms with E-state index in [2.05, 4.69) is 0 Å². The van der Waals surface area contributed by atoms with Gasteiger partial charge >= 0.3 is 6.18 Å². The second-order valence-corrected chi connectivity index (χ2v) is 10.1. The van der Waals surface area contributed by atoms with Crippen molar-refractivity contribution in [3.8, 4) is 22.6 Å². The first kappa shape index (κ1) is 27.3. The topological polar surface area (TPSA) is 81.0 Å². The molecule has 10 heteroatoms. The average Bonchev–Trinajstić information content (AvgIpc) is 3.16. The first-order chi connectivity index (χ1) is 17.7. The molecule has 1 N–H and O–H groups in total. The Morgan fingerprint density at radius 3 is 2.21 bits per heavy atom. The summed E-state index contributed by atoms with van der Waals surface area (Å²) in [6.07, 6.45) is -3.05. The van der Waals surface area contributed by atoms with E-state index in [1.54, 1.807) is 58.0 Å². The summed E-state index contributed by atoms with van der Waals surface area (Å²) in [6, 6.07) is 12.5. The molecule has 0 unspecified atom stereocenters. The Bertz CT molecular complexity index is 1390. The van der Waals surface area contributed by atoms with Gasteiger partial charge in [-0.05, 0) is 63.6 Å². The molecule has 0 saturated heterocycles. The van der Waals surface area contributed by atoms with Gasteiger partial charge in [0.1, 0.15) is 18.1 Å². The third-order valence-corrected chi connectivity index (χ3v) is 5.98. The largest absolute Gasteiger partial charge is 0.491 e. The molecule has 202 valence electrons. The number of rotatable bonds is 8. The third kappa shape index (κ3) is 5.85. The number of ether oxygens (including phenoxy) is 2. The van der Waals surface area contributed by atoms with E-state index >= 15 is 0 Å². The Balaban J connectivity index is 1.75. The van der Waals surface area contributed by atoms with Gasteiger partial charge in [0.2, 0.25) is 0 Å². The molecule has 0 aliphatic carbocycles. The van der Waals surface area contributed by atoms with Gasteiger partial charge in [0, 0.05) is 23.5 Å². The third-order valence-electron chi connectivity index (χ3n) is 5.98. The minimum absolute atomic E-state index is 0.0507. The van der Waals surface area contributed by atoms with Crippen molar-refractivity contribution in [3.05, 3.63) is 76.2 Å². The summed E-state index contributed by atoms with van der Waals surface area (Å²) in [4.78, 5) is 28.6. The van der Waals surface area contributed by atoms with Gasteiger partial charge in [0.05, 0.1) is 23.3 Å². The second-order valence-electron chi connectivity index (χ2n) is 10.1. The molecular formula is C28H29F3N2O5. The number of carbonyl (C=O) groups is 1. The summed E-state index contributed by atoms with van der Waals surface area (Å²) >= 11 is 0. The molecule has 0 fully saturated rings. The SMILES string of the molecule is CC(C)n1cc2c(c(-c3ccccc3OCC(F)(F)F)c1=O)CN(c1ccc(OCC(C)(C)O)cc1)C2=O. The van der Waals surface area contributed by atoms with Gasteiger partial charge in [0.15, 0.2) is 6.61 Å². The Kier molecular flexibility index (Phi) is 7.29. The highest BCUT2D eigenvalue weighted by Crippen LogP contribution is 2.38. The number of pyridine rings is 1. The van der Waals surface area contributed by atoms with E-state index in [0.29, 0.717) is 22.6 Å². The Hall–Kier alpha value is -3.79. The first-order valence-corrected chi connectivity index (χ1v) is 12.1. The van der Waals surface area contributed by atoms with E-state index in [9.17, 15) is 27.9 Å². The van der Waals surface area contributed by atoms with Crippen LogP contribution in [0.25, 0.3) is 11.1 Å². The molecule has 7 nitrogen and oxygen atoms in total. The minimum Gasteiger partial charge on any atom is -0.491 e. The smallest absolute Gasteiger partial charge is 0.422 e. The van der Waals surface area contributed by atoms with Crippen LogP contribution in [-0.2, 0) is 6.54 Å². The fraction of sp³-hybridized carbons (Fsp3) is 0.357. The number of anilines is 1. The van der Waals surface area contributed by atoms with Crippen molar-refractivity contribution >= 4 is 11.6 Å². The molecule has 0 spiro atoms. The fourth-order valence-electron chi connectivity index (χ4n) is 4.20. The van der Waals surface area contributed by atoms with E-state index in [-0.39, 0.29) is 42.0 Å². The van der Waals surface area contributed by atoms with Crippen LogP contribution in [0.1, 0.15) is 49.7 Å². The van der Waals surface area contributed by atoms with Gasteiger partial charge in [-0.15, -0.1) is 0 Å². The van der Waals surface area contributed by atoms with E-state index < -0.39 is 23.9 Å². The Morgan fingerprint density at radius 1 is 0.947 bits per heavy atom. The van der Waals surface area contributed by atoms with Crippen LogP contribution >= 0.6 is 0 Å². The number of aliphatic hydroxyl groups is 1. The normalized spacial score (nSPS) is 13.7. The molecule has 1 aliphatic heterocycles. The molecule has 3 aromatic rings. The zero-order valence-electron chi connectivity index (χ0n) is 21.5. The molecule has 1 aromatic heterocycles. The average molecular weight is 531 g/mol. The summed E-state index contributed by atoms with van der Waals surface area (Å²) < 4.78 is 50.8. The van der Waals surface area contributed by atoms with Crippen LogP contribution in [-0.4, -0.2) is 40.6 Å². The first-order valence-electron chi connectivity index (χ1n) is 12.1.